The zero-order valence-electron chi connectivity index (χ0n) is 12.6. The van der Waals surface area contributed by atoms with Crippen LogP contribution in [0.3, 0.4) is 0 Å². The van der Waals surface area contributed by atoms with Crippen molar-refractivity contribution in [1.29, 1.82) is 0 Å². The Bertz CT molecular complexity index is 605. The van der Waals surface area contributed by atoms with E-state index in [1.807, 2.05) is 37.8 Å². The molecule has 0 aromatic carbocycles. The second-order valence-electron chi connectivity index (χ2n) is 4.90. The van der Waals surface area contributed by atoms with Gasteiger partial charge in [0.1, 0.15) is 11.6 Å². The third-order valence-corrected chi connectivity index (χ3v) is 3.10. The van der Waals surface area contributed by atoms with Crippen molar-refractivity contribution < 1.29 is 10.2 Å². The van der Waals surface area contributed by atoms with Gasteiger partial charge >= 0.3 is 0 Å². The van der Waals surface area contributed by atoms with Gasteiger partial charge in [-0.3, -0.25) is 0 Å². The van der Waals surface area contributed by atoms with Crippen LogP contribution in [0.5, 0.6) is 0 Å². The highest BCUT2D eigenvalue weighted by molar-refractivity contribution is 5.44. The fourth-order valence-corrected chi connectivity index (χ4v) is 2.25. The number of anilines is 1. The molecule has 0 bridgehead atoms. The lowest BCUT2D eigenvalue weighted by Gasteiger charge is -2.22. The maximum atomic E-state index is 9.14. The molecule has 2 N–H and O–H groups in total. The van der Waals surface area contributed by atoms with Gasteiger partial charge in [0.25, 0.3) is 0 Å². The summed E-state index contributed by atoms with van der Waals surface area (Å²) in [5.41, 5.74) is 1.92. The minimum atomic E-state index is -0.00170. The highest BCUT2D eigenvalue weighted by Crippen LogP contribution is 2.17. The van der Waals surface area contributed by atoms with Gasteiger partial charge in [0.05, 0.1) is 18.9 Å². The van der Waals surface area contributed by atoms with Crippen molar-refractivity contribution >= 4 is 5.82 Å². The zero-order chi connectivity index (χ0) is 15.4. The summed E-state index contributed by atoms with van der Waals surface area (Å²) >= 11 is 0. The minimum Gasteiger partial charge on any atom is -0.395 e. The molecule has 0 aliphatic heterocycles. The van der Waals surface area contributed by atoms with Crippen molar-refractivity contribution in [2.75, 3.05) is 31.2 Å². The predicted octanol–water partition coefficient (Wildman–Crippen LogP) is 0.379. The number of nitrogens with zero attached hydrogens (tertiary/aromatic N) is 5. The number of aliphatic hydroxyl groups is 2. The molecule has 21 heavy (non-hydrogen) atoms. The van der Waals surface area contributed by atoms with Gasteiger partial charge in [0, 0.05) is 24.8 Å². The fraction of sp³-hybridized carbons (Fsp3) is 0.500. The summed E-state index contributed by atoms with van der Waals surface area (Å²) in [4.78, 5) is 10.6. The van der Waals surface area contributed by atoms with Crippen LogP contribution in [0.4, 0.5) is 5.82 Å². The Morgan fingerprint density at radius 2 is 1.71 bits per heavy atom. The normalized spacial score (nSPS) is 10.9. The lowest BCUT2D eigenvalue weighted by atomic mass is 10.4. The van der Waals surface area contributed by atoms with Crippen LogP contribution in [0.2, 0.25) is 0 Å². The molecule has 0 atom stereocenters. The summed E-state index contributed by atoms with van der Waals surface area (Å²) in [6.07, 6.45) is 0. The van der Waals surface area contributed by atoms with Crippen molar-refractivity contribution in [3.63, 3.8) is 0 Å². The van der Waals surface area contributed by atoms with Crippen LogP contribution in [-0.2, 0) is 0 Å². The first-order chi connectivity index (χ1) is 10.0. The number of aryl methyl sites for hydroxylation is 3. The number of aromatic nitrogens is 4. The molecule has 0 spiro atoms. The molecule has 2 aromatic rings. The van der Waals surface area contributed by atoms with E-state index >= 15 is 0 Å². The second kappa shape index (κ2) is 6.64. The third kappa shape index (κ3) is 3.56. The van der Waals surface area contributed by atoms with Gasteiger partial charge in [-0.1, -0.05) is 0 Å². The molecule has 0 unspecified atom stereocenters. The first-order valence-electron chi connectivity index (χ1n) is 6.91. The lowest BCUT2D eigenvalue weighted by Crippen LogP contribution is -2.31. The third-order valence-electron chi connectivity index (χ3n) is 3.10. The van der Waals surface area contributed by atoms with Crippen LogP contribution in [0.1, 0.15) is 17.2 Å². The molecule has 7 heteroatoms. The van der Waals surface area contributed by atoms with Gasteiger partial charge in [-0.25, -0.2) is 14.6 Å². The van der Waals surface area contributed by atoms with Crippen molar-refractivity contribution in [2.45, 2.75) is 20.8 Å². The molecular formula is C14H21N5O2. The van der Waals surface area contributed by atoms with E-state index in [1.165, 1.54) is 0 Å². The number of rotatable bonds is 6. The smallest absolute Gasteiger partial charge is 0.159 e. The topological polar surface area (TPSA) is 87.3 Å². The van der Waals surface area contributed by atoms with Crippen LogP contribution in [0, 0.1) is 20.8 Å². The molecule has 0 saturated carbocycles. The van der Waals surface area contributed by atoms with Crippen LogP contribution in [-0.4, -0.2) is 56.3 Å². The molecule has 0 fully saturated rings. The largest absolute Gasteiger partial charge is 0.395 e. The van der Waals surface area contributed by atoms with Gasteiger partial charge in [-0.05, 0) is 26.8 Å². The quantitative estimate of drug-likeness (QED) is 0.800. The van der Waals surface area contributed by atoms with Crippen molar-refractivity contribution in [3.8, 4) is 5.82 Å². The molecule has 114 valence electrons. The second-order valence-corrected chi connectivity index (χ2v) is 4.90. The van der Waals surface area contributed by atoms with Gasteiger partial charge in [-0.15, -0.1) is 0 Å². The average molecular weight is 291 g/mol. The van der Waals surface area contributed by atoms with E-state index in [4.69, 9.17) is 10.2 Å². The molecule has 7 nitrogen and oxygen atoms in total. The van der Waals surface area contributed by atoms with Crippen molar-refractivity contribution in [2.24, 2.45) is 0 Å². The van der Waals surface area contributed by atoms with Crippen LogP contribution < -0.4 is 4.90 Å². The Morgan fingerprint density at radius 1 is 1.05 bits per heavy atom. The summed E-state index contributed by atoms with van der Waals surface area (Å²) in [5, 5.41) is 22.7. The zero-order valence-corrected chi connectivity index (χ0v) is 12.6. The molecule has 0 radical (unpaired) electrons. The number of hydrogen-bond donors (Lipinski definition) is 2. The lowest BCUT2D eigenvalue weighted by molar-refractivity contribution is 0.280. The summed E-state index contributed by atoms with van der Waals surface area (Å²) in [5.74, 6) is 1.98. The van der Waals surface area contributed by atoms with Gasteiger partial charge in [-0.2, -0.15) is 5.10 Å². The summed E-state index contributed by atoms with van der Waals surface area (Å²) in [7, 11) is 0. The van der Waals surface area contributed by atoms with E-state index < -0.39 is 0 Å². The fourth-order valence-electron chi connectivity index (χ4n) is 2.25. The number of aliphatic hydroxyl groups excluding tert-OH is 2. The molecule has 0 aliphatic rings. The molecule has 0 aliphatic carbocycles. The van der Waals surface area contributed by atoms with Crippen molar-refractivity contribution in [1.82, 2.24) is 19.7 Å². The van der Waals surface area contributed by atoms with E-state index in [0.29, 0.717) is 30.5 Å². The first-order valence-corrected chi connectivity index (χ1v) is 6.91. The van der Waals surface area contributed by atoms with Crippen molar-refractivity contribution in [3.05, 3.63) is 29.3 Å². The summed E-state index contributed by atoms with van der Waals surface area (Å²) in [6, 6.07) is 3.80. The monoisotopic (exact) mass is 291 g/mol. The Balaban J connectivity index is 2.43. The van der Waals surface area contributed by atoms with E-state index in [9.17, 15) is 0 Å². The van der Waals surface area contributed by atoms with E-state index in [2.05, 4.69) is 15.1 Å². The highest BCUT2D eigenvalue weighted by atomic mass is 16.3. The van der Waals surface area contributed by atoms with Crippen LogP contribution in [0.15, 0.2) is 12.1 Å². The predicted molar refractivity (Wildman–Crippen MR) is 79.7 cm³/mol. The van der Waals surface area contributed by atoms with Gasteiger partial charge < -0.3 is 15.1 Å². The first kappa shape index (κ1) is 15.4. The van der Waals surface area contributed by atoms with Crippen LogP contribution >= 0.6 is 0 Å². The maximum absolute atomic E-state index is 9.14. The molecule has 2 aromatic heterocycles. The average Bonchev–Trinajstić information content (AvgIpc) is 2.77. The van der Waals surface area contributed by atoms with Gasteiger partial charge in [0.2, 0.25) is 0 Å². The standard InChI is InChI=1S/C14H21N5O2/c1-10-8-11(2)19(17-10)14-9-13(15-12(3)16-14)18(4-6-20)5-7-21/h8-9,20-21H,4-7H2,1-3H3. The minimum absolute atomic E-state index is 0.00170. The molecule has 2 rings (SSSR count). The summed E-state index contributed by atoms with van der Waals surface area (Å²) < 4.78 is 1.77. The Hall–Kier alpha value is -1.99. The summed E-state index contributed by atoms with van der Waals surface area (Å²) in [6.45, 7) is 6.53. The molecule has 0 saturated heterocycles. The van der Waals surface area contributed by atoms with Crippen LogP contribution in [0.25, 0.3) is 5.82 Å². The molecule has 0 amide bonds. The van der Waals surface area contributed by atoms with E-state index in [1.54, 1.807) is 4.68 Å². The van der Waals surface area contributed by atoms with E-state index in [-0.39, 0.29) is 13.2 Å². The number of hydrogen-bond acceptors (Lipinski definition) is 6. The molecule has 2 heterocycles. The van der Waals surface area contributed by atoms with Gasteiger partial charge in [0.15, 0.2) is 5.82 Å². The SMILES string of the molecule is Cc1cc(C)n(-c2cc(N(CCO)CCO)nc(C)n2)n1. The Labute approximate surface area is 123 Å². The Kier molecular flexibility index (Phi) is 4.87. The van der Waals surface area contributed by atoms with E-state index in [0.717, 1.165) is 11.4 Å². The maximum Gasteiger partial charge on any atom is 0.159 e. The highest BCUT2D eigenvalue weighted by Gasteiger charge is 2.12. The molecular weight excluding hydrogens is 270 g/mol. The Morgan fingerprint density at radius 3 is 2.24 bits per heavy atom.